The largest absolute Gasteiger partial charge is 0.328 e. The molecule has 0 saturated carbocycles. The monoisotopic (exact) mass is 364 g/mol. The third kappa shape index (κ3) is 3.64. The maximum absolute atomic E-state index is 12.9. The molecule has 0 spiro atoms. The van der Waals surface area contributed by atoms with Crippen molar-refractivity contribution in [1.29, 1.82) is 0 Å². The zero-order valence-corrected chi connectivity index (χ0v) is 15.0. The van der Waals surface area contributed by atoms with E-state index in [1.807, 2.05) is 49.4 Å². The molecule has 0 aliphatic carbocycles. The maximum Gasteiger partial charge on any atom is 0.276 e. The molecule has 0 radical (unpaired) electrons. The summed E-state index contributed by atoms with van der Waals surface area (Å²) in [5.74, 6) is -0.141. The second-order valence-electron chi connectivity index (χ2n) is 6.53. The fourth-order valence-electron chi connectivity index (χ4n) is 3.33. The molecule has 1 atom stereocenters. The van der Waals surface area contributed by atoms with Crippen molar-refractivity contribution in [3.05, 3.63) is 65.2 Å². The van der Waals surface area contributed by atoms with Crippen molar-refractivity contribution in [3.63, 3.8) is 0 Å². The van der Waals surface area contributed by atoms with Crippen molar-refractivity contribution in [2.75, 3.05) is 6.54 Å². The van der Waals surface area contributed by atoms with Gasteiger partial charge in [-0.1, -0.05) is 58.0 Å². The first kappa shape index (κ1) is 17.1. The summed E-state index contributed by atoms with van der Waals surface area (Å²) in [4.78, 5) is 14.7. The molecule has 1 aliphatic heterocycles. The van der Waals surface area contributed by atoms with E-state index in [2.05, 4.69) is 20.6 Å². The summed E-state index contributed by atoms with van der Waals surface area (Å²) in [6, 6.07) is 9.90. The highest BCUT2D eigenvalue weighted by molar-refractivity contribution is 5.92. The predicted molar refractivity (Wildman–Crippen MR) is 97.5 cm³/mol. The lowest BCUT2D eigenvalue weighted by molar-refractivity contribution is 0.0724. The Morgan fingerprint density at radius 3 is 2.93 bits per heavy atom. The van der Waals surface area contributed by atoms with Crippen LogP contribution in [0.3, 0.4) is 0 Å². The summed E-state index contributed by atoms with van der Waals surface area (Å²) in [5.41, 5.74) is 2.89. The number of carbonyl (C=O) groups is 1. The molecule has 1 fully saturated rings. The molecular formula is C19H20N6O2. The highest BCUT2D eigenvalue weighted by atomic mass is 16.6. The number of aromatic nitrogens is 5. The molecule has 2 aromatic heterocycles. The van der Waals surface area contributed by atoms with Crippen LogP contribution in [0.2, 0.25) is 0 Å². The van der Waals surface area contributed by atoms with Gasteiger partial charge in [-0.25, -0.2) is 9.31 Å². The summed E-state index contributed by atoms with van der Waals surface area (Å²) in [6.45, 7) is 3.05. The van der Waals surface area contributed by atoms with Gasteiger partial charge in [0.15, 0.2) is 5.69 Å². The van der Waals surface area contributed by atoms with E-state index in [1.165, 1.54) is 0 Å². The minimum atomic E-state index is -0.141. The lowest BCUT2D eigenvalue weighted by atomic mass is 10.1. The van der Waals surface area contributed by atoms with E-state index in [0.717, 1.165) is 29.8 Å². The summed E-state index contributed by atoms with van der Waals surface area (Å²) in [7, 11) is 0. The lowest BCUT2D eigenvalue weighted by Gasteiger charge is -2.21. The molecule has 3 aromatic rings. The van der Waals surface area contributed by atoms with Gasteiger partial charge in [0.1, 0.15) is 11.4 Å². The predicted octanol–water partition coefficient (Wildman–Crippen LogP) is 2.66. The number of amides is 1. The molecule has 1 aromatic carbocycles. The molecule has 0 N–H and O–H groups in total. The van der Waals surface area contributed by atoms with Crippen LogP contribution in [0.4, 0.5) is 0 Å². The van der Waals surface area contributed by atoms with Crippen molar-refractivity contribution in [2.45, 2.75) is 32.4 Å². The van der Waals surface area contributed by atoms with Gasteiger partial charge in [-0.3, -0.25) is 4.79 Å². The molecule has 0 bridgehead atoms. The van der Waals surface area contributed by atoms with Crippen molar-refractivity contribution >= 4 is 12.0 Å². The van der Waals surface area contributed by atoms with Crippen LogP contribution in [0.15, 0.2) is 47.2 Å². The van der Waals surface area contributed by atoms with Crippen molar-refractivity contribution in [2.24, 2.45) is 0 Å². The van der Waals surface area contributed by atoms with E-state index in [4.69, 9.17) is 4.63 Å². The van der Waals surface area contributed by atoms with Gasteiger partial charge in [0, 0.05) is 6.54 Å². The number of rotatable bonds is 5. The normalized spacial score (nSPS) is 17.1. The average molecular weight is 364 g/mol. The number of carbonyl (C=O) groups excluding carboxylic acids is 1. The second kappa shape index (κ2) is 7.53. The Balaban J connectivity index is 1.44. The van der Waals surface area contributed by atoms with E-state index < -0.39 is 0 Å². The van der Waals surface area contributed by atoms with Crippen LogP contribution >= 0.6 is 0 Å². The van der Waals surface area contributed by atoms with Crippen LogP contribution in [-0.4, -0.2) is 42.7 Å². The Hall–Kier alpha value is -3.29. The Morgan fingerprint density at radius 1 is 1.30 bits per heavy atom. The summed E-state index contributed by atoms with van der Waals surface area (Å²) in [6.07, 6.45) is 7.44. The number of hydrogen-bond donors (Lipinski definition) is 0. The Morgan fingerprint density at radius 2 is 2.15 bits per heavy atom. The quantitative estimate of drug-likeness (QED) is 0.691. The number of aryl methyl sites for hydroxylation is 1. The first-order valence-corrected chi connectivity index (χ1v) is 8.94. The molecule has 1 saturated heterocycles. The average Bonchev–Trinajstić information content (AvgIpc) is 3.42. The van der Waals surface area contributed by atoms with Gasteiger partial charge in [0.05, 0.1) is 18.8 Å². The second-order valence-corrected chi connectivity index (χ2v) is 6.53. The molecular weight excluding hydrogens is 344 g/mol. The molecule has 1 amide bonds. The minimum Gasteiger partial charge on any atom is -0.328 e. The number of benzene rings is 1. The van der Waals surface area contributed by atoms with Crippen LogP contribution in [0, 0.1) is 6.92 Å². The molecule has 27 heavy (non-hydrogen) atoms. The van der Waals surface area contributed by atoms with Crippen LogP contribution in [-0.2, 0) is 6.54 Å². The third-order valence-electron chi connectivity index (χ3n) is 4.68. The topological polar surface area (TPSA) is 89.9 Å². The van der Waals surface area contributed by atoms with E-state index in [-0.39, 0.29) is 11.9 Å². The summed E-state index contributed by atoms with van der Waals surface area (Å²) >= 11 is 0. The van der Waals surface area contributed by atoms with E-state index in [0.29, 0.717) is 18.8 Å². The first-order chi connectivity index (χ1) is 13.2. The lowest BCUT2D eigenvalue weighted by Crippen LogP contribution is -2.31. The Bertz CT molecular complexity index is 946. The number of nitrogens with zero attached hydrogens (tertiary/aromatic N) is 6. The van der Waals surface area contributed by atoms with Crippen LogP contribution < -0.4 is 0 Å². The fourth-order valence-corrected chi connectivity index (χ4v) is 3.33. The molecule has 8 nitrogen and oxygen atoms in total. The van der Waals surface area contributed by atoms with Gasteiger partial charge < -0.3 is 4.90 Å². The Labute approximate surface area is 156 Å². The summed E-state index contributed by atoms with van der Waals surface area (Å²) < 4.78 is 6.45. The standard InChI is InChI=1S/C19H20N6O2/c1-14-18(22-27-21-14)17-10-6-12-25(17)19(26)16-13-24(23-20-16)11-5-9-15-7-3-2-4-8-15/h2-5,7-9,13,17H,6,10-12H2,1H3/b9-5+. The molecule has 4 rings (SSSR count). The van der Waals surface area contributed by atoms with Gasteiger partial charge in [-0.15, -0.1) is 5.10 Å². The van der Waals surface area contributed by atoms with Crippen molar-refractivity contribution < 1.29 is 9.42 Å². The maximum atomic E-state index is 12.9. The minimum absolute atomic E-state index is 0.119. The van der Waals surface area contributed by atoms with Gasteiger partial charge in [0.25, 0.3) is 5.91 Å². The molecule has 138 valence electrons. The molecule has 1 aliphatic rings. The smallest absolute Gasteiger partial charge is 0.276 e. The molecule has 1 unspecified atom stereocenters. The molecule has 3 heterocycles. The Kier molecular flexibility index (Phi) is 4.78. The van der Waals surface area contributed by atoms with Gasteiger partial charge in [0.2, 0.25) is 0 Å². The van der Waals surface area contributed by atoms with Crippen LogP contribution in [0.25, 0.3) is 6.08 Å². The number of likely N-dealkylation sites (tertiary alicyclic amines) is 1. The fraction of sp³-hybridized carbons (Fsp3) is 0.316. The van der Waals surface area contributed by atoms with Gasteiger partial charge in [-0.05, 0) is 25.3 Å². The van der Waals surface area contributed by atoms with Crippen LogP contribution in [0.5, 0.6) is 0 Å². The van der Waals surface area contributed by atoms with E-state index in [1.54, 1.807) is 15.8 Å². The zero-order chi connectivity index (χ0) is 18.6. The third-order valence-corrected chi connectivity index (χ3v) is 4.68. The van der Waals surface area contributed by atoms with E-state index in [9.17, 15) is 4.79 Å². The van der Waals surface area contributed by atoms with Crippen LogP contribution in [0.1, 0.15) is 46.3 Å². The highest BCUT2D eigenvalue weighted by Gasteiger charge is 2.35. The number of hydrogen-bond acceptors (Lipinski definition) is 6. The first-order valence-electron chi connectivity index (χ1n) is 8.94. The van der Waals surface area contributed by atoms with Gasteiger partial charge >= 0.3 is 0 Å². The zero-order valence-electron chi connectivity index (χ0n) is 15.0. The van der Waals surface area contributed by atoms with Gasteiger partial charge in [-0.2, -0.15) is 0 Å². The van der Waals surface area contributed by atoms with Crippen molar-refractivity contribution in [3.8, 4) is 0 Å². The highest BCUT2D eigenvalue weighted by Crippen LogP contribution is 2.32. The summed E-state index contributed by atoms with van der Waals surface area (Å²) in [5, 5.41) is 15.9. The number of allylic oxidation sites excluding steroid dienone is 1. The SMILES string of the molecule is Cc1nonc1C1CCCN1C(=O)c1cn(C/C=C/c2ccccc2)nn1. The van der Waals surface area contributed by atoms with E-state index >= 15 is 0 Å². The van der Waals surface area contributed by atoms with Crippen molar-refractivity contribution in [1.82, 2.24) is 30.2 Å². The molecule has 8 heteroatoms.